The molecule has 1 aromatic carbocycles. The predicted octanol–water partition coefficient (Wildman–Crippen LogP) is 3.76. The fourth-order valence-corrected chi connectivity index (χ4v) is 4.28. The molecule has 24 heavy (non-hydrogen) atoms. The van der Waals surface area contributed by atoms with E-state index in [4.69, 9.17) is 11.6 Å². The average Bonchev–Trinajstić information content (AvgIpc) is 2.90. The van der Waals surface area contributed by atoms with Crippen LogP contribution in [0.25, 0.3) is 11.0 Å². The van der Waals surface area contributed by atoms with Gasteiger partial charge in [-0.25, -0.2) is 22.4 Å². The summed E-state index contributed by atoms with van der Waals surface area (Å²) in [4.78, 5) is 8.18. The van der Waals surface area contributed by atoms with Gasteiger partial charge in [0.15, 0.2) is 5.65 Å². The van der Waals surface area contributed by atoms with Crippen molar-refractivity contribution < 1.29 is 8.42 Å². The van der Waals surface area contributed by atoms with E-state index in [-0.39, 0.29) is 16.3 Å². The number of hydrogen-bond donors (Lipinski definition) is 0. The zero-order chi connectivity index (χ0) is 17.5. The predicted molar refractivity (Wildman–Crippen MR) is 95.7 cm³/mol. The molecule has 0 aliphatic heterocycles. The van der Waals surface area contributed by atoms with Gasteiger partial charge in [-0.1, -0.05) is 62.7 Å². The van der Waals surface area contributed by atoms with Gasteiger partial charge in [0, 0.05) is 6.20 Å². The molecule has 0 saturated carbocycles. The van der Waals surface area contributed by atoms with Crippen LogP contribution in [0.3, 0.4) is 0 Å². The Balaban J connectivity index is 2.22. The number of benzene rings is 1. The van der Waals surface area contributed by atoms with Crippen LogP contribution in [0.1, 0.15) is 31.9 Å². The minimum absolute atomic E-state index is 0.108. The molecule has 3 rings (SSSR count). The molecule has 0 fully saturated rings. The topological polar surface area (TPSA) is 64.8 Å². The van der Waals surface area contributed by atoms with E-state index in [9.17, 15) is 8.42 Å². The summed E-state index contributed by atoms with van der Waals surface area (Å²) in [5.41, 5.74) is 1.55. The van der Waals surface area contributed by atoms with E-state index in [1.165, 1.54) is 10.3 Å². The number of halogens is 1. The second kappa shape index (κ2) is 5.86. The van der Waals surface area contributed by atoms with Crippen molar-refractivity contribution in [2.45, 2.75) is 31.9 Å². The maximum absolute atomic E-state index is 12.9. The Labute approximate surface area is 146 Å². The van der Waals surface area contributed by atoms with Gasteiger partial charge in [-0.3, -0.25) is 0 Å². The molecule has 0 N–H and O–H groups in total. The molecule has 0 radical (unpaired) electrons. The summed E-state index contributed by atoms with van der Waals surface area (Å²) in [6.45, 7) is 6.00. The number of nitrogens with zero attached hydrogens (tertiary/aromatic N) is 3. The van der Waals surface area contributed by atoms with E-state index in [0.717, 1.165) is 11.1 Å². The first-order valence-corrected chi connectivity index (χ1v) is 9.48. The highest BCUT2D eigenvalue weighted by molar-refractivity contribution is 7.89. The van der Waals surface area contributed by atoms with Crippen LogP contribution in [-0.4, -0.2) is 22.4 Å². The third kappa shape index (κ3) is 3.03. The molecule has 0 bridgehead atoms. The van der Waals surface area contributed by atoms with Gasteiger partial charge < -0.3 is 0 Å². The molecule has 0 atom stereocenters. The van der Waals surface area contributed by atoms with Crippen LogP contribution in [0.5, 0.6) is 0 Å². The standard InChI is InChI=1S/C17H18ClN3O2S/c1-17(2,3)13-9-21(16-14(13)15(18)19-11-20-16)24(22,23)10-12-7-5-4-6-8-12/h4-9,11H,10H2,1-3H3. The Kier molecular flexibility index (Phi) is 4.13. The van der Waals surface area contributed by atoms with Gasteiger partial charge in [0.2, 0.25) is 10.0 Å². The second-order valence-corrected chi connectivity index (χ2v) is 8.90. The van der Waals surface area contributed by atoms with E-state index in [1.807, 2.05) is 39.0 Å². The normalized spacial score (nSPS) is 12.7. The lowest BCUT2D eigenvalue weighted by molar-refractivity contribution is 0.583. The van der Waals surface area contributed by atoms with Crippen molar-refractivity contribution in [3.8, 4) is 0 Å². The summed E-state index contributed by atoms with van der Waals surface area (Å²) in [6.07, 6.45) is 2.90. The minimum atomic E-state index is -3.63. The molecule has 7 heteroatoms. The van der Waals surface area contributed by atoms with Crippen molar-refractivity contribution in [3.05, 3.63) is 59.1 Å². The lowest BCUT2D eigenvalue weighted by Gasteiger charge is -2.17. The quantitative estimate of drug-likeness (QED) is 0.664. The number of fused-ring (bicyclic) bond motifs is 1. The van der Waals surface area contributed by atoms with Gasteiger partial charge in [-0.15, -0.1) is 0 Å². The summed E-state index contributed by atoms with van der Waals surface area (Å²) in [7, 11) is -3.63. The van der Waals surface area contributed by atoms with Gasteiger partial charge in [0.25, 0.3) is 0 Å². The zero-order valence-electron chi connectivity index (χ0n) is 13.7. The third-order valence-corrected chi connectivity index (χ3v) is 5.67. The van der Waals surface area contributed by atoms with Crippen LogP contribution in [0, 0.1) is 0 Å². The molecular formula is C17H18ClN3O2S. The zero-order valence-corrected chi connectivity index (χ0v) is 15.3. The van der Waals surface area contributed by atoms with Gasteiger partial charge in [-0.05, 0) is 16.5 Å². The monoisotopic (exact) mass is 363 g/mol. The molecule has 0 amide bonds. The number of rotatable bonds is 3. The minimum Gasteiger partial charge on any atom is -0.227 e. The Morgan fingerprint density at radius 2 is 1.79 bits per heavy atom. The van der Waals surface area contributed by atoms with Crippen LogP contribution >= 0.6 is 11.6 Å². The van der Waals surface area contributed by atoms with Gasteiger partial charge in [0.1, 0.15) is 11.5 Å². The van der Waals surface area contributed by atoms with Gasteiger partial charge >= 0.3 is 0 Å². The summed E-state index contributed by atoms with van der Waals surface area (Å²) in [5, 5.41) is 0.849. The first-order valence-electron chi connectivity index (χ1n) is 7.49. The summed E-state index contributed by atoms with van der Waals surface area (Å²) in [6, 6.07) is 9.06. The molecule has 0 spiro atoms. The Morgan fingerprint density at radius 1 is 1.12 bits per heavy atom. The fraction of sp³-hybridized carbons (Fsp3) is 0.294. The molecule has 2 heterocycles. The van der Waals surface area contributed by atoms with E-state index in [0.29, 0.717) is 11.0 Å². The fourth-order valence-electron chi connectivity index (χ4n) is 2.63. The van der Waals surface area contributed by atoms with Gasteiger partial charge in [0.05, 0.1) is 11.1 Å². The van der Waals surface area contributed by atoms with E-state index in [2.05, 4.69) is 9.97 Å². The molecule has 126 valence electrons. The van der Waals surface area contributed by atoms with E-state index >= 15 is 0 Å². The Bertz CT molecular complexity index is 990. The molecule has 0 unspecified atom stereocenters. The largest absolute Gasteiger partial charge is 0.244 e. The second-order valence-electron chi connectivity index (χ2n) is 6.69. The molecular weight excluding hydrogens is 346 g/mol. The van der Waals surface area contributed by atoms with Crippen LogP contribution in [-0.2, 0) is 21.2 Å². The highest BCUT2D eigenvalue weighted by Crippen LogP contribution is 2.35. The summed E-state index contributed by atoms with van der Waals surface area (Å²) >= 11 is 6.23. The Hall–Kier alpha value is -1.92. The highest BCUT2D eigenvalue weighted by atomic mass is 35.5. The van der Waals surface area contributed by atoms with Crippen molar-refractivity contribution in [2.75, 3.05) is 0 Å². The van der Waals surface area contributed by atoms with E-state index in [1.54, 1.807) is 18.3 Å². The van der Waals surface area contributed by atoms with E-state index < -0.39 is 10.0 Å². The first kappa shape index (κ1) is 16.9. The van der Waals surface area contributed by atoms with Crippen LogP contribution < -0.4 is 0 Å². The third-order valence-electron chi connectivity index (χ3n) is 3.81. The smallest absolute Gasteiger partial charge is 0.227 e. The SMILES string of the molecule is CC(C)(C)c1cn(S(=O)(=O)Cc2ccccc2)c2ncnc(Cl)c12. The lowest BCUT2D eigenvalue weighted by atomic mass is 9.87. The molecule has 3 aromatic rings. The van der Waals surface area contributed by atoms with Crippen LogP contribution in [0.15, 0.2) is 42.9 Å². The number of aromatic nitrogens is 3. The molecule has 0 aliphatic carbocycles. The maximum Gasteiger partial charge on any atom is 0.244 e. The lowest BCUT2D eigenvalue weighted by Crippen LogP contribution is -2.15. The van der Waals surface area contributed by atoms with Crippen LogP contribution in [0.2, 0.25) is 5.15 Å². The summed E-state index contributed by atoms with van der Waals surface area (Å²) < 4.78 is 27.1. The van der Waals surface area contributed by atoms with Gasteiger partial charge in [-0.2, -0.15) is 0 Å². The average molecular weight is 364 g/mol. The Morgan fingerprint density at radius 3 is 2.42 bits per heavy atom. The molecule has 2 aromatic heterocycles. The number of hydrogen-bond acceptors (Lipinski definition) is 4. The summed E-state index contributed by atoms with van der Waals surface area (Å²) in [5.74, 6) is -0.108. The first-order chi connectivity index (χ1) is 11.2. The van der Waals surface area contributed by atoms with Crippen molar-refractivity contribution in [3.63, 3.8) is 0 Å². The highest BCUT2D eigenvalue weighted by Gasteiger charge is 2.27. The van der Waals surface area contributed by atoms with Crippen molar-refractivity contribution in [2.24, 2.45) is 0 Å². The van der Waals surface area contributed by atoms with Crippen molar-refractivity contribution in [1.82, 2.24) is 13.9 Å². The van der Waals surface area contributed by atoms with Crippen molar-refractivity contribution in [1.29, 1.82) is 0 Å². The maximum atomic E-state index is 12.9. The van der Waals surface area contributed by atoms with Crippen LogP contribution in [0.4, 0.5) is 0 Å². The van der Waals surface area contributed by atoms with Crippen molar-refractivity contribution >= 4 is 32.7 Å². The molecule has 0 saturated heterocycles. The molecule has 5 nitrogen and oxygen atoms in total. The molecule has 0 aliphatic rings.